The summed E-state index contributed by atoms with van der Waals surface area (Å²) in [5, 5.41) is 4.79. The molecule has 1 aromatic rings. The first-order valence-electron chi connectivity index (χ1n) is 4.58. The standard InChI is InChI=1S/C10H16N4/c1-2-9-3-5-10(6-4-9)7-14(12)8-13-11/h3-6,8H,2,7,11-12H2,1H3/b13-8-. The van der Waals surface area contributed by atoms with Gasteiger partial charge in [-0.2, -0.15) is 5.10 Å². The zero-order valence-corrected chi connectivity index (χ0v) is 8.35. The molecule has 0 aromatic heterocycles. The van der Waals surface area contributed by atoms with Crippen molar-refractivity contribution in [3.05, 3.63) is 35.4 Å². The number of nitrogens with two attached hydrogens (primary N) is 2. The van der Waals surface area contributed by atoms with Gasteiger partial charge in [0.25, 0.3) is 0 Å². The lowest BCUT2D eigenvalue weighted by atomic mass is 10.1. The maximum absolute atomic E-state index is 5.59. The number of benzene rings is 1. The van der Waals surface area contributed by atoms with E-state index in [2.05, 4.69) is 36.3 Å². The SMILES string of the molecule is CCc1ccc(CN(N)/C=N\N)cc1. The second kappa shape index (κ2) is 5.24. The van der Waals surface area contributed by atoms with Crippen molar-refractivity contribution >= 4 is 6.34 Å². The van der Waals surface area contributed by atoms with E-state index in [0.29, 0.717) is 6.54 Å². The number of aryl methyl sites for hydroxylation is 1. The Morgan fingerprint density at radius 3 is 2.36 bits per heavy atom. The summed E-state index contributed by atoms with van der Waals surface area (Å²) in [6.07, 6.45) is 2.45. The lowest BCUT2D eigenvalue weighted by molar-refractivity contribution is 0.446. The smallest absolute Gasteiger partial charge is 0.125 e. The first kappa shape index (κ1) is 10.5. The van der Waals surface area contributed by atoms with Crippen molar-refractivity contribution in [2.45, 2.75) is 19.9 Å². The van der Waals surface area contributed by atoms with Crippen LogP contribution in [0.15, 0.2) is 29.4 Å². The summed E-state index contributed by atoms with van der Waals surface area (Å²) in [7, 11) is 0. The molecule has 4 nitrogen and oxygen atoms in total. The summed E-state index contributed by atoms with van der Waals surface area (Å²) in [4.78, 5) is 0. The van der Waals surface area contributed by atoms with Gasteiger partial charge in [0.05, 0.1) is 6.54 Å². The van der Waals surface area contributed by atoms with Gasteiger partial charge in [0.1, 0.15) is 6.34 Å². The highest BCUT2D eigenvalue weighted by atomic mass is 15.4. The summed E-state index contributed by atoms with van der Waals surface area (Å²) in [6.45, 7) is 2.75. The van der Waals surface area contributed by atoms with Crippen molar-refractivity contribution in [3.8, 4) is 0 Å². The minimum Gasteiger partial charge on any atom is -0.322 e. The van der Waals surface area contributed by atoms with Crippen molar-refractivity contribution in [1.82, 2.24) is 5.01 Å². The van der Waals surface area contributed by atoms with Gasteiger partial charge in [-0.15, -0.1) is 0 Å². The molecule has 0 saturated carbocycles. The minimum absolute atomic E-state index is 0.616. The third-order valence-corrected chi connectivity index (χ3v) is 2.01. The lowest BCUT2D eigenvalue weighted by Crippen LogP contribution is -2.29. The monoisotopic (exact) mass is 192 g/mol. The maximum Gasteiger partial charge on any atom is 0.125 e. The first-order valence-corrected chi connectivity index (χ1v) is 4.58. The quantitative estimate of drug-likeness (QED) is 0.321. The van der Waals surface area contributed by atoms with Crippen LogP contribution in [-0.2, 0) is 13.0 Å². The van der Waals surface area contributed by atoms with Crippen LogP contribution in [0, 0.1) is 0 Å². The molecular weight excluding hydrogens is 176 g/mol. The van der Waals surface area contributed by atoms with E-state index in [0.717, 1.165) is 12.0 Å². The number of hydrogen-bond donors (Lipinski definition) is 2. The average Bonchev–Trinajstić information content (AvgIpc) is 2.19. The minimum atomic E-state index is 0.616. The number of hydrogen-bond acceptors (Lipinski definition) is 3. The van der Waals surface area contributed by atoms with E-state index in [1.165, 1.54) is 16.9 Å². The number of rotatable bonds is 4. The van der Waals surface area contributed by atoms with E-state index in [9.17, 15) is 0 Å². The van der Waals surface area contributed by atoms with Crippen LogP contribution in [0.3, 0.4) is 0 Å². The van der Waals surface area contributed by atoms with Crippen molar-refractivity contribution < 1.29 is 0 Å². The molecule has 0 aliphatic heterocycles. The van der Waals surface area contributed by atoms with Gasteiger partial charge < -0.3 is 5.84 Å². The van der Waals surface area contributed by atoms with E-state index in [4.69, 9.17) is 11.7 Å². The molecule has 0 fully saturated rings. The largest absolute Gasteiger partial charge is 0.322 e. The second-order valence-corrected chi connectivity index (χ2v) is 3.11. The molecule has 0 bridgehead atoms. The van der Waals surface area contributed by atoms with Crippen LogP contribution in [0.4, 0.5) is 0 Å². The van der Waals surface area contributed by atoms with E-state index in [-0.39, 0.29) is 0 Å². The Morgan fingerprint density at radius 2 is 1.86 bits per heavy atom. The molecule has 76 valence electrons. The fraction of sp³-hybridized carbons (Fsp3) is 0.300. The number of hydrazine groups is 1. The van der Waals surface area contributed by atoms with Crippen molar-refractivity contribution in [2.24, 2.45) is 16.8 Å². The molecule has 1 aromatic carbocycles. The zero-order valence-electron chi connectivity index (χ0n) is 8.35. The molecule has 1 rings (SSSR count). The summed E-state index contributed by atoms with van der Waals surface area (Å²) >= 11 is 0. The maximum atomic E-state index is 5.59. The molecule has 0 saturated heterocycles. The van der Waals surface area contributed by atoms with Crippen LogP contribution in [0.2, 0.25) is 0 Å². The Hall–Kier alpha value is -1.55. The van der Waals surface area contributed by atoms with Gasteiger partial charge in [-0.1, -0.05) is 31.2 Å². The molecular formula is C10H16N4. The van der Waals surface area contributed by atoms with E-state index < -0.39 is 0 Å². The third-order valence-electron chi connectivity index (χ3n) is 2.01. The fourth-order valence-corrected chi connectivity index (χ4v) is 1.22. The van der Waals surface area contributed by atoms with Crippen LogP contribution < -0.4 is 11.7 Å². The third kappa shape index (κ3) is 3.06. The van der Waals surface area contributed by atoms with E-state index in [1.54, 1.807) is 0 Å². The Kier molecular flexibility index (Phi) is 3.94. The molecule has 0 heterocycles. The topological polar surface area (TPSA) is 67.6 Å². The highest BCUT2D eigenvalue weighted by Gasteiger charge is 1.96. The van der Waals surface area contributed by atoms with Gasteiger partial charge in [-0.25, -0.2) is 5.84 Å². The zero-order chi connectivity index (χ0) is 10.4. The summed E-state index contributed by atoms with van der Waals surface area (Å²) in [6, 6.07) is 8.32. The normalized spacial score (nSPS) is 10.7. The number of hydrazone groups is 1. The highest BCUT2D eigenvalue weighted by molar-refractivity contribution is 5.53. The Morgan fingerprint density at radius 1 is 1.29 bits per heavy atom. The van der Waals surface area contributed by atoms with E-state index >= 15 is 0 Å². The summed E-state index contributed by atoms with van der Waals surface area (Å²) < 4.78 is 0. The Labute approximate surface area is 84.2 Å². The molecule has 0 aliphatic rings. The van der Waals surface area contributed by atoms with Gasteiger partial charge >= 0.3 is 0 Å². The van der Waals surface area contributed by atoms with Crippen LogP contribution in [0.25, 0.3) is 0 Å². The molecule has 0 unspecified atom stereocenters. The average molecular weight is 192 g/mol. The predicted octanol–water partition coefficient (Wildman–Crippen LogP) is 0.827. The van der Waals surface area contributed by atoms with Crippen LogP contribution in [0.5, 0.6) is 0 Å². The Bertz CT molecular complexity index is 291. The van der Waals surface area contributed by atoms with Gasteiger partial charge in [0.15, 0.2) is 0 Å². The molecule has 4 heteroatoms. The first-order chi connectivity index (χ1) is 6.76. The van der Waals surface area contributed by atoms with Crippen LogP contribution in [0.1, 0.15) is 18.1 Å². The number of nitrogens with zero attached hydrogens (tertiary/aromatic N) is 2. The van der Waals surface area contributed by atoms with Crippen molar-refractivity contribution in [2.75, 3.05) is 0 Å². The van der Waals surface area contributed by atoms with Crippen LogP contribution in [-0.4, -0.2) is 11.3 Å². The van der Waals surface area contributed by atoms with Crippen molar-refractivity contribution in [3.63, 3.8) is 0 Å². The van der Waals surface area contributed by atoms with Gasteiger partial charge in [0, 0.05) is 0 Å². The fourth-order valence-electron chi connectivity index (χ4n) is 1.22. The van der Waals surface area contributed by atoms with Gasteiger partial charge in [-0.3, -0.25) is 5.01 Å². The summed E-state index contributed by atoms with van der Waals surface area (Å²) in [5.74, 6) is 10.6. The highest BCUT2D eigenvalue weighted by Crippen LogP contribution is 2.05. The summed E-state index contributed by atoms with van der Waals surface area (Å²) in [5.41, 5.74) is 2.47. The second-order valence-electron chi connectivity index (χ2n) is 3.11. The van der Waals surface area contributed by atoms with Crippen molar-refractivity contribution in [1.29, 1.82) is 0 Å². The molecule has 0 spiro atoms. The van der Waals surface area contributed by atoms with Crippen LogP contribution >= 0.6 is 0 Å². The van der Waals surface area contributed by atoms with Gasteiger partial charge in [0.2, 0.25) is 0 Å². The Balaban J connectivity index is 2.59. The molecule has 14 heavy (non-hydrogen) atoms. The molecule has 4 N–H and O–H groups in total. The predicted molar refractivity (Wildman–Crippen MR) is 58.2 cm³/mol. The molecule has 0 radical (unpaired) electrons. The molecule has 0 amide bonds. The molecule has 0 aliphatic carbocycles. The van der Waals surface area contributed by atoms with E-state index in [1.807, 2.05) is 0 Å². The molecule has 0 atom stereocenters. The van der Waals surface area contributed by atoms with Gasteiger partial charge in [-0.05, 0) is 17.5 Å². The lowest BCUT2D eigenvalue weighted by Gasteiger charge is -2.11.